The van der Waals surface area contributed by atoms with Gasteiger partial charge in [0, 0.05) is 6.20 Å². The van der Waals surface area contributed by atoms with Crippen LogP contribution in [0.15, 0.2) is 20.5 Å². The summed E-state index contributed by atoms with van der Waals surface area (Å²) >= 11 is 1.74. The molecular formula is C5H4IN3. The van der Waals surface area contributed by atoms with Crippen LogP contribution in [-0.2, 0) is 0 Å². The minimum absolute atomic E-state index is 0.336. The second-order valence-corrected chi connectivity index (χ2v) is 1.56. The highest BCUT2D eigenvalue weighted by Crippen LogP contribution is 1.88. The van der Waals surface area contributed by atoms with Crippen LogP contribution in [-0.4, -0.2) is 12.4 Å². The number of hydrogen-bond donors (Lipinski definition) is 0. The molecule has 0 heterocycles. The Kier molecular flexibility index (Phi) is 5.01. The van der Waals surface area contributed by atoms with Gasteiger partial charge in [-0.1, -0.05) is 0 Å². The van der Waals surface area contributed by atoms with Crippen LogP contribution in [0.1, 0.15) is 0 Å². The van der Waals surface area contributed by atoms with Crippen molar-refractivity contribution < 1.29 is 0 Å². The van der Waals surface area contributed by atoms with Gasteiger partial charge in [-0.25, -0.2) is 3.21 Å². The van der Waals surface area contributed by atoms with Crippen LogP contribution in [0.2, 0.25) is 0 Å². The fraction of sp³-hybridized carbons (Fsp3) is 0. The number of nitriles is 1. The number of rotatable bonds is 2. The van der Waals surface area contributed by atoms with Crippen LogP contribution in [0.3, 0.4) is 0 Å². The van der Waals surface area contributed by atoms with Crippen LogP contribution in [0.5, 0.6) is 0 Å². The quantitative estimate of drug-likeness (QED) is 0.526. The highest BCUT2D eigenvalue weighted by atomic mass is 127. The van der Waals surface area contributed by atoms with Crippen molar-refractivity contribution in [3.05, 3.63) is 12.3 Å². The molecule has 0 N–H and O–H groups in total. The molecule has 0 saturated carbocycles. The molecule has 0 radical (unpaired) electrons. The molecule has 0 aliphatic carbocycles. The van der Waals surface area contributed by atoms with Crippen LogP contribution >= 0.6 is 22.9 Å². The van der Waals surface area contributed by atoms with Crippen molar-refractivity contribution in [2.45, 2.75) is 0 Å². The molecule has 0 atom stereocenters. The van der Waals surface area contributed by atoms with E-state index < -0.39 is 0 Å². The van der Waals surface area contributed by atoms with E-state index in [-0.39, 0.29) is 0 Å². The van der Waals surface area contributed by atoms with Crippen molar-refractivity contribution in [2.75, 3.05) is 0 Å². The van der Waals surface area contributed by atoms with Crippen LogP contribution < -0.4 is 0 Å². The smallest absolute Gasteiger partial charge is 0.148 e. The Morgan fingerprint density at radius 3 is 2.78 bits per heavy atom. The average molecular weight is 233 g/mol. The van der Waals surface area contributed by atoms with Gasteiger partial charge >= 0.3 is 0 Å². The molecule has 0 unspecified atom stereocenters. The van der Waals surface area contributed by atoms with E-state index in [1.165, 1.54) is 12.3 Å². The second-order valence-electron chi connectivity index (χ2n) is 1.08. The third-order valence-corrected chi connectivity index (χ3v) is 1.06. The lowest BCUT2D eigenvalue weighted by atomic mass is 10.4. The number of nitrogens with zero attached hydrogens (tertiary/aromatic N) is 3. The van der Waals surface area contributed by atoms with E-state index in [0.29, 0.717) is 5.71 Å². The number of halogens is 1. The zero-order chi connectivity index (χ0) is 7.11. The van der Waals surface area contributed by atoms with Gasteiger partial charge in [-0.2, -0.15) is 5.26 Å². The summed E-state index contributed by atoms with van der Waals surface area (Å²) in [6, 6.07) is 1.85. The van der Waals surface area contributed by atoms with Gasteiger partial charge in [-0.3, -0.25) is 4.99 Å². The third-order valence-electron chi connectivity index (χ3n) is 0.543. The molecule has 46 valence electrons. The van der Waals surface area contributed by atoms with E-state index in [9.17, 15) is 0 Å². The Labute approximate surface area is 67.3 Å². The summed E-state index contributed by atoms with van der Waals surface area (Å²) in [4.78, 5) is 3.41. The van der Waals surface area contributed by atoms with Gasteiger partial charge < -0.3 is 0 Å². The summed E-state index contributed by atoms with van der Waals surface area (Å²) in [5.74, 6) is 0. The van der Waals surface area contributed by atoms with E-state index >= 15 is 0 Å². The van der Waals surface area contributed by atoms with Gasteiger partial charge in [-0.05, 0) is 12.8 Å². The molecule has 4 heteroatoms. The van der Waals surface area contributed by atoms with Crippen LogP contribution in [0.4, 0.5) is 0 Å². The standard InChI is InChI=1S/C5H4IN3/c1-8-3-2-5(4-7)9-6/h2-3H,1H2/b3-2-,9-5+. The Bertz CT molecular complexity index is 187. The summed E-state index contributed by atoms with van der Waals surface area (Å²) in [6.07, 6.45) is 2.90. The van der Waals surface area contributed by atoms with Crippen molar-refractivity contribution in [1.29, 1.82) is 5.26 Å². The first-order valence-corrected chi connectivity index (χ1v) is 3.03. The van der Waals surface area contributed by atoms with Crippen molar-refractivity contribution in [1.82, 2.24) is 0 Å². The summed E-state index contributed by atoms with van der Waals surface area (Å²) in [7, 11) is 0. The SMILES string of the molecule is C=N/C=C\C(C#N)=N/I. The summed E-state index contributed by atoms with van der Waals surface area (Å²) in [6.45, 7) is 3.20. The molecule has 0 saturated heterocycles. The lowest BCUT2D eigenvalue weighted by Crippen LogP contribution is -1.82. The minimum atomic E-state index is 0.336. The van der Waals surface area contributed by atoms with Gasteiger partial charge in [0.25, 0.3) is 0 Å². The molecule has 0 spiro atoms. The van der Waals surface area contributed by atoms with Gasteiger partial charge in [0.05, 0.1) is 22.9 Å². The van der Waals surface area contributed by atoms with Gasteiger partial charge in [-0.15, -0.1) is 0 Å². The third kappa shape index (κ3) is 3.85. The Hall–Kier alpha value is -0.700. The van der Waals surface area contributed by atoms with Crippen molar-refractivity contribution in [3.63, 3.8) is 0 Å². The van der Waals surface area contributed by atoms with Crippen LogP contribution in [0.25, 0.3) is 0 Å². The fourth-order valence-corrected chi connectivity index (χ4v) is 0.476. The van der Waals surface area contributed by atoms with Crippen LogP contribution in [0, 0.1) is 11.3 Å². The first-order chi connectivity index (χ1) is 4.35. The number of allylic oxidation sites excluding steroid dienone is 1. The van der Waals surface area contributed by atoms with Crippen molar-refractivity contribution >= 4 is 35.3 Å². The molecule has 0 aliphatic rings. The Morgan fingerprint density at radius 1 is 1.78 bits per heavy atom. The molecule has 9 heavy (non-hydrogen) atoms. The first kappa shape index (κ1) is 8.30. The average Bonchev–Trinajstić information content (AvgIpc) is 1.91. The van der Waals surface area contributed by atoms with E-state index in [2.05, 4.69) is 14.9 Å². The molecule has 0 rings (SSSR count). The molecule has 0 aromatic heterocycles. The maximum atomic E-state index is 8.25. The molecule has 0 aromatic carbocycles. The van der Waals surface area contributed by atoms with Crippen molar-refractivity contribution in [2.24, 2.45) is 8.20 Å². The number of aliphatic imine (C=N–C) groups is 1. The molecule has 0 aliphatic heterocycles. The zero-order valence-corrected chi connectivity index (χ0v) is 6.74. The lowest BCUT2D eigenvalue weighted by Gasteiger charge is -1.76. The van der Waals surface area contributed by atoms with Gasteiger partial charge in [0.2, 0.25) is 0 Å². The Balaban J connectivity index is 4.05. The largest absolute Gasteiger partial charge is 0.272 e. The molecular weight excluding hydrogens is 229 g/mol. The lowest BCUT2D eigenvalue weighted by molar-refractivity contribution is 1.54. The predicted octanol–water partition coefficient (Wildman–Crippen LogP) is 1.52. The summed E-state index contributed by atoms with van der Waals surface area (Å²) in [5.41, 5.74) is 0.336. The monoisotopic (exact) mass is 233 g/mol. The summed E-state index contributed by atoms with van der Waals surface area (Å²) < 4.78 is 3.60. The molecule has 0 bridgehead atoms. The highest BCUT2D eigenvalue weighted by Gasteiger charge is 1.83. The first-order valence-electron chi connectivity index (χ1n) is 2.06. The van der Waals surface area contributed by atoms with E-state index in [0.717, 1.165) is 0 Å². The van der Waals surface area contributed by atoms with Gasteiger partial charge in [0.15, 0.2) is 0 Å². The Morgan fingerprint density at radius 2 is 2.44 bits per heavy atom. The normalized spacial score (nSPS) is 11.3. The number of hydrogen-bond acceptors (Lipinski definition) is 3. The highest BCUT2D eigenvalue weighted by molar-refractivity contribution is 14.1. The molecule has 3 nitrogen and oxygen atoms in total. The molecule has 0 aromatic rings. The maximum Gasteiger partial charge on any atom is 0.148 e. The molecule has 0 fully saturated rings. The van der Waals surface area contributed by atoms with Crippen molar-refractivity contribution in [3.8, 4) is 6.07 Å². The van der Waals surface area contributed by atoms with E-state index in [1.54, 1.807) is 22.9 Å². The van der Waals surface area contributed by atoms with Gasteiger partial charge in [0.1, 0.15) is 11.8 Å². The summed E-state index contributed by atoms with van der Waals surface area (Å²) in [5, 5.41) is 8.25. The fourth-order valence-electron chi connectivity index (χ4n) is 0.208. The topological polar surface area (TPSA) is 48.5 Å². The zero-order valence-electron chi connectivity index (χ0n) is 4.58. The second kappa shape index (κ2) is 5.44. The predicted molar refractivity (Wildman–Crippen MR) is 45.8 cm³/mol. The van der Waals surface area contributed by atoms with E-state index in [4.69, 9.17) is 5.26 Å². The molecule has 0 amide bonds. The van der Waals surface area contributed by atoms with E-state index in [1.807, 2.05) is 6.07 Å². The maximum absolute atomic E-state index is 8.25. The minimum Gasteiger partial charge on any atom is -0.272 e.